The van der Waals surface area contributed by atoms with Crippen LogP contribution in [-0.4, -0.2) is 89.0 Å². The highest BCUT2D eigenvalue weighted by Gasteiger charge is 2.44. The number of rotatable bonds is 29. The number of aliphatic hydroxyl groups excluding tert-OH is 4. The van der Waals surface area contributed by atoms with E-state index in [2.05, 4.69) is 6.92 Å². The third-order valence-corrected chi connectivity index (χ3v) is 8.55. The molecule has 10 nitrogen and oxygen atoms in total. The first-order valence-electron chi connectivity index (χ1n) is 18.1. The summed E-state index contributed by atoms with van der Waals surface area (Å²) in [5, 5.41) is 39.4. The van der Waals surface area contributed by atoms with E-state index in [0.717, 1.165) is 19.3 Å². The van der Waals surface area contributed by atoms with Gasteiger partial charge in [-0.2, -0.15) is 0 Å². The van der Waals surface area contributed by atoms with Gasteiger partial charge in [0.25, 0.3) is 0 Å². The van der Waals surface area contributed by atoms with E-state index in [1.165, 1.54) is 103 Å². The Kier molecular flexibility index (Phi) is 25.8. The molecule has 6 unspecified atom stereocenters. The minimum absolute atomic E-state index is 0.160. The standard InChI is InChI=1S/C35H66O10/c1-3-5-6-7-8-9-10-11-12-13-14-15-16-17-18-19-20-21-22-23-24-31(38)44-28(26-42-30(37)4-2)27-43-35-34(41)33(40)32(39)29(25-36)45-35/h28-29,32-36,39-41H,3-27H2,1-2H3. The Morgan fingerprint density at radius 1 is 0.622 bits per heavy atom. The van der Waals surface area contributed by atoms with Gasteiger partial charge in [0, 0.05) is 12.8 Å². The third-order valence-electron chi connectivity index (χ3n) is 8.55. The molecule has 1 heterocycles. The number of carbonyl (C=O) groups excluding carboxylic acids is 2. The molecule has 0 aliphatic carbocycles. The monoisotopic (exact) mass is 646 g/mol. The SMILES string of the molecule is CCCCCCCCCCCCCCCCCCCCCCC(=O)OC(COC(=O)CC)COC1OC(CO)C(O)C(O)C1O. The summed E-state index contributed by atoms with van der Waals surface area (Å²) in [5.41, 5.74) is 0. The van der Waals surface area contributed by atoms with Crippen LogP contribution in [0.2, 0.25) is 0 Å². The van der Waals surface area contributed by atoms with Crippen molar-refractivity contribution in [2.75, 3.05) is 19.8 Å². The second kappa shape index (κ2) is 27.8. The zero-order chi connectivity index (χ0) is 33.1. The number of esters is 2. The summed E-state index contributed by atoms with van der Waals surface area (Å²) in [4.78, 5) is 24.1. The number of unbranched alkanes of at least 4 members (excludes halogenated alkanes) is 19. The zero-order valence-electron chi connectivity index (χ0n) is 28.4. The van der Waals surface area contributed by atoms with Gasteiger partial charge in [0.15, 0.2) is 12.4 Å². The van der Waals surface area contributed by atoms with Crippen LogP contribution in [0.25, 0.3) is 0 Å². The molecular weight excluding hydrogens is 580 g/mol. The van der Waals surface area contributed by atoms with E-state index < -0.39 is 55.4 Å². The zero-order valence-corrected chi connectivity index (χ0v) is 28.4. The molecule has 1 aliphatic rings. The van der Waals surface area contributed by atoms with Crippen LogP contribution < -0.4 is 0 Å². The summed E-state index contributed by atoms with van der Waals surface area (Å²) >= 11 is 0. The molecule has 0 spiro atoms. The van der Waals surface area contributed by atoms with Crippen LogP contribution in [-0.2, 0) is 28.5 Å². The molecule has 0 aromatic heterocycles. The highest BCUT2D eigenvalue weighted by molar-refractivity contribution is 5.70. The molecule has 1 saturated heterocycles. The molecule has 1 fully saturated rings. The van der Waals surface area contributed by atoms with Crippen LogP contribution in [0, 0.1) is 0 Å². The van der Waals surface area contributed by atoms with Gasteiger partial charge >= 0.3 is 11.9 Å². The van der Waals surface area contributed by atoms with Crippen molar-refractivity contribution in [2.24, 2.45) is 0 Å². The van der Waals surface area contributed by atoms with Gasteiger partial charge in [-0.15, -0.1) is 0 Å². The van der Waals surface area contributed by atoms with Crippen molar-refractivity contribution in [1.29, 1.82) is 0 Å². The number of ether oxygens (including phenoxy) is 4. The highest BCUT2D eigenvalue weighted by atomic mass is 16.7. The molecule has 266 valence electrons. The van der Waals surface area contributed by atoms with Gasteiger partial charge in [0.2, 0.25) is 0 Å². The molecule has 4 N–H and O–H groups in total. The lowest BCUT2D eigenvalue weighted by Crippen LogP contribution is -2.59. The van der Waals surface area contributed by atoms with E-state index in [1.807, 2.05) is 0 Å². The molecule has 0 aromatic carbocycles. The molecule has 45 heavy (non-hydrogen) atoms. The van der Waals surface area contributed by atoms with E-state index >= 15 is 0 Å². The molecule has 0 aromatic rings. The van der Waals surface area contributed by atoms with Crippen molar-refractivity contribution in [3.63, 3.8) is 0 Å². The fourth-order valence-electron chi connectivity index (χ4n) is 5.58. The fraction of sp³-hybridized carbons (Fsp3) is 0.943. The lowest BCUT2D eigenvalue weighted by Gasteiger charge is -2.39. The Hall–Kier alpha value is -1.30. The predicted octanol–water partition coefficient (Wildman–Crippen LogP) is 5.88. The molecule has 0 bridgehead atoms. The Morgan fingerprint density at radius 3 is 1.53 bits per heavy atom. The summed E-state index contributed by atoms with van der Waals surface area (Å²) in [6, 6.07) is 0. The maximum atomic E-state index is 12.5. The van der Waals surface area contributed by atoms with E-state index in [1.54, 1.807) is 6.92 Å². The minimum atomic E-state index is -1.58. The van der Waals surface area contributed by atoms with Crippen molar-refractivity contribution >= 4 is 11.9 Å². The first-order valence-corrected chi connectivity index (χ1v) is 18.1. The number of carbonyl (C=O) groups is 2. The minimum Gasteiger partial charge on any atom is -0.462 e. The maximum Gasteiger partial charge on any atom is 0.306 e. The molecule has 6 atom stereocenters. The van der Waals surface area contributed by atoms with Gasteiger partial charge in [-0.25, -0.2) is 0 Å². The Bertz CT molecular complexity index is 719. The normalized spacial score (nSPS) is 22.3. The van der Waals surface area contributed by atoms with Crippen LogP contribution in [0.15, 0.2) is 0 Å². The van der Waals surface area contributed by atoms with Crippen molar-refractivity contribution in [1.82, 2.24) is 0 Å². The van der Waals surface area contributed by atoms with Crippen molar-refractivity contribution in [2.45, 2.75) is 192 Å². The average Bonchev–Trinajstić information content (AvgIpc) is 3.04. The molecule has 0 amide bonds. The van der Waals surface area contributed by atoms with Crippen LogP contribution in [0.3, 0.4) is 0 Å². The van der Waals surface area contributed by atoms with E-state index in [9.17, 15) is 30.0 Å². The molecule has 10 heteroatoms. The van der Waals surface area contributed by atoms with Gasteiger partial charge in [-0.05, 0) is 6.42 Å². The van der Waals surface area contributed by atoms with Crippen molar-refractivity contribution in [3.8, 4) is 0 Å². The lowest BCUT2D eigenvalue weighted by atomic mass is 9.99. The predicted molar refractivity (Wildman–Crippen MR) is 173 cm³/mol. The van der Waals surface area contributed by atoms with Gasteiger partial charge < -0.3 is 39.4 Å². The van der Waals surface area contributed by atoms with Crippen LogP contribution in [0.5, 0.6) is 0 Å². The van der Waals surface area contributed by atoms with Crippen LogP contribution in [0.1, 0.15) is 155 Å². The third kappa shape index (κ3) is 20.5. The second-order valence-corrected chi connectivity index (χ2v) is 12.6. The van der Waals surface area contributed by atoms with Gasteiger partial charge in [-0.1, -0.05) is 136 Å². The molecule has 0 saturated carbocycles. The summed E-state index contributed by atoms with van der Waals surface area (Å²) in [6.45, 7) is 2.83. The fourth-order valence-corrected chi connectivity index (χ4v) is 5.58. The Balaban J connectivity index is 2.10. The van der Waals surface area contributed by atoms with Crippen molar-refractivity contribution in [3.05, 3.63) is 0 Å². The average molecular weight is 647 g/mol. The van der Waals surface area contributed by atoms with Crippen LogP contribution >= 0.6 is 0 Å². The quantitative estimate of drug-likeness (QED) is 0.0573. The lowest BCUT2D eigenvalue weighted by molar-refractivity contribution is -0.305. The summed E-state index contributed by atoms with van der Waals surface area (Å²) in [7, 11) is 0. The summed E-state index contributed by atoms with van der Waals surface area (Å²) in [5.74, 6) is -0.898. The Morgan fingerprint density at radius 2 is 1.09 bits per heavy atom. The first kappa shape index (κ1) is 41.7. The molecule has 1 rings (SSSR count). The van der Waals surface area contributed by atoms with Gasteiger partial charge in [0.05, 0.1) is 13.2 Å². The van der Waals surface area contributed by atoms with E-state index in [0.29, 0.717) is 6.42 Å². The van der Waals surface area contributed by atoms with Crippen molar-refractivity contribution < 1.29 is 49.0 Å². The largest absolute Gasteiger partial charge is 0.462 e. The van der Waals surface area contributed by atoms with E-state index in [4.69, 9.17) is 18.9 Å². The molecule has 0 radical (unpaired) electrons. The smallest absolute Gasteiger partial charge is 0.306 e. The molecular formula is C35H66O10. The second-order valence-electron chi connectivity index (χ2n) is 12.6. The van der Waals surface area contributed by atoms with Crippen LogP contribution in [0.4, 0.5) is 0 Å². The number of aliphatic hydroxyl groups is 4. The van der Waals surface area contributed by atoms with Gasteiger partial charge in [-0.3, -0.25) is 9.59 Å². The topological polar surface area (TPSA) is 152 Å². The molecule has 1 aliphatic heterocycles. The number of hydrogen-bond donors (Lipinski definition) is 4. The highest BCUT2D eigenvalue weighted by Crippen LogP contribution is 2.22. The summed E-state index contributed by atoms with van der Waals surface area (Å²) in [6.07, 6.45) is 18.0. The first-order chi connectivity index (χ1) is 21.8. The number of hydrogen-bond acceptors (Lipinski definition) is 10. The van der Waals surface area contributed by atoms with Gasteiger partial charge in [0.1, 0.15) is 31.0 Å². The maximum absolute atomic E-state index is 12.5. The van der Waals surface area contributed by atoms with E-state index in [-0.39, 0.29) is 26.1 Å². The Labute approximate surface area is 272 Å². The summed E-state index contributed by atoms with van der Waals surface area (Å²) < 4.78 is 21.4.